The van der Waals surface area contributed by atoms with E-state index in [0.29, 0.717) is 6.61 Å². The molecule has 2 N–H and O–H groups in total. The molecule has 1 aromatic heterocycles. The summed E-state index contributed by atoms with van der Waals surface area (Å²) in [6.07, 6.45) is 1.27. The number of esters is 1. The highest BCUT2D eigenvalue weighted by Crippen LogP contribution is 2.10. The van der Waals surface area contributed by atoms with Crippen molar-refractivity contribution in [3.8, 4) is 6.07 Å². The maximum atomic E-state index is 11.2. The van der Waals surface area contributed by atoms with Crippen molar-refractivity contribution >= 4 is 11.7 Å². The summed E-state index contributed by atoms with van der Waals surface area (Å²) >= 11 is 0. The molecule has 0 atom stereocenters. The van der Waals surface area contributed by atoms with Gasteiger partial charge in [0, 0.05) is 6.20 Å². The van der Waals surface area contributed by atoms with Crippen LogP contribution in [0.5, 0.6) is 0 Å². The number of pyridine rings is 1. The van der Waals surface area contributed by atoms with Gasteiger partial charge in [-0.3, -0.25) is 0 Å². The number of nitriles is 1. The Balaban J connectivity index is 2.98. The normalized spacial score (nSPS) is 9.14. The number of aromatic nitrogens is 1. The van der Waals surface area contributed by atoms with Crippen LogP contribution >= 0.6 is 0 Å². The van der Waals surface area contributed by atoms with Crippen LogP contribution in [-0.4, -0.2) is 17.6 Å². The van der Waals surface area contributed by atoms with E-state index in [2.05, 4.69) is 4.98 Å². The Bertz CT molecular complexity index is 396. The molecule has 0 aliphatic carbocycles. The van der Waals surface area contributed by atoms with E-state index in [1.807, 2.05) is 0 Å². The van der Waals surface area contributed by atoms with Gasteiger partial charge in [-0.15, -0.1) is 0 Å². The fraction of sp³-hybridized carbons (Fsp3) is 0.222. The van der Waals surface area contributed by atoms with E-state index in [-0.39, 0.29) is 16.9 Å². The Kier molecular flexibility index (Phi) is 3.02. The van der Waals surface area contributed by atoms with Crippen LogP contribution in [0.4, 0.5) is 5.69 Å². The topological polar surface area (TPSA) is 89.0 Å². The molecule has 72 valence electrons. The lowest BCUT2D eigenvalue weighted by atomic mass is 10.2. The van der Waals surface area contributed by atoms with Crippen LogP contribution in [0.2, 0.25) is 0 Å². The largest absolute Gasteiger partial charge is 0.462 e. The Morgan fingerprint density at radius 1 is 1.79 bits per heavy atom. The van der Waals surface area contributed by atoms with E-state index in [1.54, 1.807) is 13.0 Å². The number of nitrogens with zero attached hydrogens (tertiary/aromatic N) is 2. The number of ether oxygens (including phenoxy) is 1. The second-order valence-corrected chi connectivity index (χ2v) is 2.49. The van der Waals surface area contributed by atoms with Gasteiger partial charge in [0.1, 0.15) is 6.07 Å². The van der Waals surface area contributed by atoms with E-state index in [1.165, 1.54) is 12.3 Å². The first kappa shape index (κ1) is 9.99. The Labute approximate surface area is 81.1 Å². The van der Waals surface area contributed by atoms with Crippen LogP contribution in [0.25, 0.3) is 0 Å². The number of carbonyl (C=O) groups excluding carboxylic acids is 1. The van der Waals surface area contributed by atoms with Crippen LogP contribution in [0, 0.1) is 11.3 Å². The molecule has 5 nitrogen and oxygen atoms in total. The highest BCUT2D eigenvalue weighted by atomic mass is 16.5. The molecule has 0 fully saturated rings. The van der Waals surface area contributed by atoms with Gasteiger partial charge < -0.3 is 10.5 Å². The van der Waals surface area contributed by atoms with Crippen molar-refractivity contribution in [2.24, 2.45) is 0 Å². The number of hydrogen-bond acceptors (Lipinski definition) is 5. The second-order valence-electron chi connectivity index (χ2n) is 2.49. The average Bonchev–Trinajstić information content (AvgIpc) is 2.18. The molecule has 14 heavy (non-hydrogen) atoms. The summed E-state index contributed by atoms with van der Waals surface area (Å²) in [6, 6.07) is 3.18. The van der Waals surface area contributed by atoms with Gasteiger partial charge in [-0.05, 0) is 13.0 Å². The number of rotatable bonds is 2. The van der Waals surface area contributed by atoms with Crippen molar-refractivity contribution < 1.29 is 9.53 Å². The minimum atomic E-state index is -0.490. The minimum absolute atomic E-state index is 0.109. The minimum Gasteiger partial charge on any atom is -0.462 e. The summed E-state index contributed by atoms with van der Waals surface area (Å²) < 4.78 is 4.74. The maximum Gasteiger partial charge on any atom is 0.339 e. The predicted octanol–water partition coefficient (Wildman–Crippen LogP) is 0.712. The standard InChI is InChI=1S/C9H9N3O2/c1-2-14-9(13)6-3-7(11)8(4-10)12-5-6/h3,5H,2,11H2,1H3. The molecule has 0 unspecified atom stereocenters. The third kappa shape index (κ3) is 1.98. The average molecular weight is 191 g/mol. The number of carbonyl (C=O) groups is 1. The van der Waals surface area contributed by atoms with Crippen LogP contribution in [0.15, 0.2) is 12.3 Å². The first-order valence-electron chi connectivity index (χ1n) is 4.01. The lowest BCUT2D eigenvalue weighted by Gasteiger charge is -2.02. The summed E-state index contributed by atoms with van der Waals surface area (Å²) in [5.41, 5.74) is 6.01. The van der Waals surface area contributed by atoms with E-state index in [0.717, 1.165) is 0 Å². The van der Waals surface area contributed by atoms with E-state index in [4.69, 9.17) is 15.7 Å². The lowest BCUT2D eigenvalue weighted by molar-refractivity contribution is 0.0526. The first-order chi connectivity index (χ1) is 6.69. The highest BCUT2D eigenvalue weighted by Gasteiger charge is 2.09. The molecule has 0 aliphatic rings. The molecule has 0 saturated heterocycles. The summed E-state index contributed by atoms with van der Waals surface area (Å²) in [5.74, 6) is -0.490. The molecule has 1 rings (SSSR count). The van der Waals surface area contributed by atoms with Crippen molar-refractivity contribution in [2.45, 2.75) is 6.92 Å². The molecule has 1 heterocycles. The van der Waals surface area contributed by atoms with Crippen molar-refractivity contribution in [2.75, 3.05) is 12.3 Å². The molecule has 0 spiro atoms. The number of nitrogens with two attached hydrogens (primary N) is 1. The van der Waals surface area contributed by atoms with Crippen molar-refractivity contribution in [3.05, 3.63) is 23.5 Å². The van der Waals surface area contributed by atoms with E-state index in [9.17, 15) is 4.79 Å². The van der Waals surface area contributed by atoms with Crippen molar-refractivity contribution in [3.63, 3.8) is 0 Å². The van der Waals surface area contributed by atoms with Crippen molar-refractivity contribution in [1.29, 1.82) is 5.26 Å². The van der Waals surface area contributed by atoms with Crippen LogP contribution in [0.1, 0.15) is 23.0 Å². The SMILES string of the molecule is CCOC(=O)c1cnc(C#N)c(N)c1. The zero-order valence-electron chi connectivity index (χ0n) is 7.65. The Morgan fingerprint density at radius 2 is 2.50 bits per heavy atom. The van der Waals surface area contributed by atoms with Gasteiger partial charge in [0.15, 0.2) is 5.69 Å². The molecule has 1 aromatic rings. The number of anilines is 1. The summed E-state index contributed by atoms with van der Waals surface area (Å²) in [6.45, 7) is 2.00. The lowest BCUT2D eigenvalue weighted by Crippen LogP contribution is -2.06. The molecular formula is C9H9N3O2. The summed E-state index contributed by atoms with van der Waals surface area (Å²) in [7, 11) is 0. The van der Waals surface area contributed by atoms with Gasteiger partial charge in [0.05, 0.1) is 17.9 Å². The fourth-order valence-corrected chi connectivity index (χ4v) is 0.901. The van der Waals surface area contributed by atoms with Gasteiger partial charge in [-0.25, -0.2) is 9.78 Å². The molecule has 0 bridgehead atoms. The summed E-state index contributed by atoms with van der Waals surface area (Å²) in [4.78, 5) is 14.9. The Hall–Kier alpha value is -2.09. The highest BCUT2D eigenvalue weighted by molar-refractivity contribution is 5.90. The second kappa shape index (κ2) is 4.23. The number of nitrogen functional groups attached to an aromatic ring is 1. The van der Waals surface area contributed by atoms with Crippen LogP contribution in [0.3, 0.4) is 0 Å². The van der Waals surface area contributed by atoms with Gasteiger partial charge in [-0.1, -0.05) is 0 Å². The Morgan fingerprint density at radius 3 is 3.00 bits per heavy atom. The van der Waals surface area contributed by atoms with Gasteiger partial charge in [0.25, 0.3) is 0 Å². The monoisotopic (exact) mass is 191 g/mol. The molecule has 0 saturated carbocycles. The molecule has 0 aromatic carbocycles. The third-order valence-corrected chi connectivity index (χ3v) is 1.53. The molecular weight excluding hydrogens is 182 g/mol. The van der Waals surface area contributed by atoms with E-state index >= 15 is 0 Å². The van der Waals surface area contributed by atoms with Gasteiger partial charge >= 0.3 is 5.97 Å². The molecule has 0 amide bonds. The maximum absolute atomic E-state index is 11.2. The number of hydrogen-bond donors (Lipinski definition) is 1. The molecule has 5 heteroatoms. The summed E-state index contributed by atoms with van der Waals surface area (Å²) in [5, 5.41) is 8.54. The molecule has 0 radical (unpaired) electrons. The van der Waals surface area contributed by atoms with Crippen molar-refractivity contribution in [1.82, 2.24) is 4.98 Å². The quantitative estimate of drug-likeness (QED) is 0.695. The van der Waals surface area contributed by atoms with Crippen LogP contribution < -0.4 is 5.73 Å². The van der Waals surface area contributed by atoms with E-state index < -0.39 is 5.97 Å². The van der Waals surface area contributed by atoms with Crippen LogP contribution in [-0.2, 0) is 4.74 Å². The zero-order chi connectivity index (χ0) is 10.6. The third-order valence-electron chi connectivity index (χ3n) is 1.53. The predicted molar refractivity (Wildman–Crippen MR) is 49.3 cm³/mol. The molecule has 0 aliphatic heterocycles. The van der Waals surface area contributed by atoms with Gasteiger partial charge in [0.2, 0.25) is 0 Å². The zero-order valence-corrected chi connectivity index (χ0v) is 7.65. The smallest absolute Gasteiger partial charge is 0.339 e. The van der Waals surface area contributed by atoms with Gasteiger partial charge in [-0.2, -0.15) is 5.26 Å². The fourth-order valence-electron chi connectivity index (χ4n) is 0.901. The first-order valence-corrected chi connectivity index (χ1v) is 4.01.